The van der Waals surface area contributed by atoms with Crippen molar-refractivity contribution in [1.82, 2.24) is 9.88 Å². The number of β-amino-alcohol motifs (C(OH)–C–C–N with tert-alkyl or cyclic N) is 1. The Labute approximate surface area is 86.4 Å². The molecule has 0 aromatic carbocycles. The average molecular weight is 210 g/mol. The second-order valence-electron chi connectivity index (χ2n) is 4.02. The molecule has 1 aromatic rings. The van der Waals surface area contributed by atoms with Gasteiger partial charge < -0.3 is 10.0 Å². The van der Waals surface area contributed by atoms with E-state index in [1.165, 1.54) is 17.0 Å². The highest BCUT2D eigenvalue weighted by Gasteiger charge is 2.39. The van der Waals surface area contributed by atoms with Gasteiger partial charge in [-0.05, 0) is 19.1 Å². The highest BCUT2D eigenvalue weighted by molar-refractivity contribution is 5.93. The van der Waals surface area contributed by atoms with E-state index in [0.29, 0.717) is 13.1 Å². The van der Waals surface area contributed by atoms with Crippen LogP contribution in [0.2, 0.25) is 0 Å². The molecule has 2 heterocycles. The second kappa shape index (κ2) is 3.27. The number of likely N-dealkylation sites (tertiary alicyclic amines) is 1. The summed E-state index contributed by atoms with van der Waals surface area (Å²) in [7, 11) is 0. The molecule has 2 rings (SSSR count). The summed E-state index contributed by atoms with van der Waals surface area (Å²) in [4.78, 5) is 16.8. The van der Waals surface area contributed by atoms with Crippen LogP contribution in [-0.4, -0.2) is 39.6 Å². The van der Waals surface area contributed by atoms with Gasteiger partial charge >= 0.3 is 0 Å². The third-order valence-electron chi connectivity index (χ3n) is 2.30. The van der Waals surface area contributed by atoms with Crippen LogP contribution in [0.15, 0.2) is 18.3 Å². The minimum Gasteiger partial charge on any atom is -0.386 e. The van der Waals surface area contributed by atoms with Crippen LogP contribution in [0.1, 0.15) is 17.4 Å². The number of rotatable bonds is 1. The van der Waals surface area contributed by atoms with E-state index in [1.807, 2.05) is 0 Å². The lowest BCUT2D eigenvalue weighted by Gasteiger charge is -2.43. The lowest BCUT2D eigenvalue weighted by molar-refractivity contribution is -0.0670. The molecular formula is C10H11FN2O2. The topological polar surface area (TPSA) is 53.4 Å². The zero-order valence-electron chi connectivity index (χ0n) is 8.27. The number of amides is 1. The molecule has 1 fully saturated rings. The fourth-order valence-electron chi connectivity index (χ4n) is 1.58. The summed E-state index contributed by atoms with van der Waals surface area (Å²) in [6.45, 7) is 2.25. The summed E-state index contributed by atoms with van der Waals surface area (Å²) < 4.78 is 12.5. The lowest BCUT2D eigenvalue weighted by atomic mass is 9.96. The first-order valence-electron chi connectivity index (χ1n) is 4.61. The van der Waals surface area contributed by atoms with Gasteiger partial charge in [-0.25, -0.2) is 9.37 Å². The molecule has 4 nitrogen and oxygen atoms in total. The van der Waals surface area contributed by atoms with Gasteiger partial charge in [0.25, 0.3) is 5.91 Å². The Bertz CT molecular complexity index is 381. The molecule has 1 aliphatic rings. The summed E-state index contributed by atoms with van der Waals surface area (Å²) in [6.07, 6.45) is 1.01. The van der Waals surface area contributed by atoms with E-state index in [1.54, 1.807) is 6.92 Å². The van der Waals surface area contributed by atoms with Crippen molar-refractivity contribution in [2.24, 2.45) is 0 Å². The quantitative estimate of drug-likeness (QED) is 0.731. The minimum atomic E-state index is -0.796. The van der Waals surface area contributed by atoms with Crippen LogP contribution < -0.4 is 0 Å². The van der Waals surface area contributed by atoms with Crippen LogP contribution in [0.5, 0.6) is 0 Å². The summed E-state index contributed by atoms with van der Waals surface area (Å²) in [5.74, 6) is -0.747. The van der Waals surface area contributed by atoms with Crippen molar-refractivity contribution in [3.8, 4) is 0 Å². The van der Waals surface area contributed by atoms with Crippen LogP contribution in [0.3, 0.4) is 0 Å². The van der Waals surface area contributed by atoms with Gasteiger partial charge in [0.2, 0.25) is 0 Å². The maximum absolute atomic E-state index is 12.5. The standard InChI is InChI=1S/C10H11FN2O2/c1-10(15)5-13(6-10)9(14)8-3-2-7(11)4-12-8/h2-4,15H,5-6H2,1H3. The Morgan fingerprint density at radius 2 is 2.27 bits per heavy atom. The molecule has 0 aliphatic carbocycles. The van der Waals surface area contributed by atoms with Crippen molar-refractivity contribution in [3.63, 3.8) is 0 Å². The first-order chi connectivity index (χ1) is 6.98. The molecule has 0 unspecified atom stereocenters. The molecule has 5 heteroatoms. The number of carbonyl (C=O) groups excluding carboxylic acids is 1. The predicted molar refractivity (Wildman–Crippen MR) is 50.7 cm³/mol. The Hall–Kier alpha value is -1.49. The summed E-state index contributed by atoms with van der Waals surface area (Å²) in [6, 6.07) is 2.53. The number of carbonyl (C=O) groups is 1. The third-order valence-corrected chi connectivity index (χ3v) is 2.30. The van der Waals surface area contributed by atoms with Gasteiger partial charge in [0.05, 0.1) is 24.9 Å². The highest BCUT2D eigenvalue weighted by atomic mass is 19.1. The molecule has 1 saturated heterocycles. The van der Waals surface area contributed by atoms with Gasteiger partial charge in [0, 0.05) is 0 Å². The normalized spacial score (nSPS) is 18.5. The van der Waals surface area contributed by atoms with Crippen molar-refractivity contribution in [3.05, 3.63) is 29.8 Å². The van der Waals surface area contributed by atoms with E-state index in [0.717, 1.165) is 6.20 Å². The average Bonchev–Trinajstić information content (AvgIpc) is 2.14. The van der Waals surface area contributed by atoms with E-state index < -0.39 is 11.4 Å². The van der Waals surface area contributed by atoms with Crippen molar-refractivity contribution in [2.75, 3.05) is 13.1 Å². The van der Waals surface area contributed by atoms with E-state index >= 15 is 0 Å². The number of halogens is 1. The zero-order chi connectivity index (χ0) is 11.1. The molecule has 1 aliphatic heterocycles. The first kappa shape index (κ1) is 10.0. The van der Waals surface area contributed by atoms with Crippen molar-refractivity contribution in [1.29, 1.82) is 0 Å². The van der Waals surface area contributed by atoms with E-state index in [4.69, 9.17) is 0 Å². The number of aromatic nitrogens is 1. The number of nitrogens with zero attached hydrogens (tertiary/aromatic N) is 2. The van der Waals surface area contributed by atoms with Crippen LogP contribution in [-0.2, 0) is 0 Å². The third kappa shape index (κ3) is 1.97. The van der Waals surface area contributed by atoms with E-state index in [2.05, 4.69) is 4.98 Å². The molecule has 0 radical (unpaired) electrons. The minimum absolute atomic E-state index is 0.201. The van der Waals surface area contributed by atoms with Gasteiger partial charge in [-0.1, -0.05) is 0 Å². The number of aliphatic hydroxyl groups is 1. The molecule has 1 N–H and O–H groups in total. The van der Waals surface area contributed by atoms with Crippen LogP contribution >= 0.6 is 0 Å². The number of hydrogen-bond donors (Lipinski definition) is 1. The molecule has 1 aromatic heterocycles. The van der Waals surface area contributed by atoms with E-state index in [-0.39, 0.29) is 11.6 Å². The van der Waals surface area contributed by atoms with Crippen molar-refractivity contribution < 1.29 is 14.3 Å². The SMILES string of the molecule is CC1(O)CN(C(=O)c2ccc(F)cn2)C1. The van der Waals surface area contributed by atoms with Crippen molar-refractivity contribution in [2.45, 2.75) is 12.5 Å². The lowest BCUT2D eigenvalue weighted by Crippen LogP contribution is -2.61. The molecule has 0 saturated carbocycles. The van der Waals surface area contributed by atoms with E-state index in [9.17, 15) is 14.3 Å². The smallest absolute Gasteiger partial charge is 0.272 e. The van der Waals surface area contributed by atoms with Gasteiger partial charge in [-0.3, -0.25) is 4.79 Å². The Kier molecular flexibility index (Phi) is 2.19. The zero-order valence-corrected chi connectivity index (χ0v) is 8.27. The fourth-order valence-corrected chi connectivity index (χ4v) is 1.58. The van der Waals surface area contributed by atoms with Gasteiger partial charge in [-0.15, -0.1) is 0 Å². The monoisotopic (exact) mass is 210 g/mol. The van der Waals surface area contributed by atoms with Gasteiger partial charge in [-0.2, -0.15) is 0 Å². The number of hydrogen-bond acceptors (Lipinski definition) is 3. The van der Waals surface area contributed by atoms with Crippen LogP contribution in [0.4, 0.5) is 4.39 Å². The maximum Gasteiger partial charge on any atom is 0.272 e. The Morgan fingerprint density at radius 1 is 1.60 bits per heavy atom. The molecular weight excluding hydrogens is 199 g/mol. The van der Waals surface area contributed by atoms with Gasteiger partial charge in [0.1, 0.15) is 11.5 Å². The highest BCUT2D eigenvalue weighted by Crippen LogP contribution is 2.21. The fraction of sp³-hybridized carbons (Fsp3) is 0.400. The first-order valence-corrected chi connectivity index (χ1v) is 4.61. The van der Waals surface area contributed by atoms with Crippen LogP contribution in [0.25, 0.3) is 0 Å². The maximum atomic E-state index is 12.5. The second-order valence-corrected chi connectivity index (χ2v) is 4.02. The molecule has 80 valence electrons. The van der Waals surface area contributed by atoms with Crippen LogP contribution in [0, 0.1) is 5.82 Å². The number of pyridine rings is 1. The molecule has 15 heavy (non-hydrogen) atoms. The van der Waals surface area contributed by atoms with Gasteiger partial charge in [0.15, 0.2) is 0 Å². The Morgan fingerprint density at radius 3 is 2.73 bits per heavy atom. The Balaban J connectivity index is 2.07. The predicted octanol–water partition coefficient (Wildman–Crippen LogP) is 0.428. The molecule has 0 bridgehead atoms. The summed E-state index contributed by atoms with van der Waals surface area (Å²) in [5.41, 5.74) is -0.595. The molecule has 1 amide bonds. The largest absolute Gasteiger partial charge is 0.386 e. The summed E-state index contributed by atoms with van der Waals surface area (Å²) >= 11 is 0. The summed E-state index contributed by atoms with van der Waals surface area (Å²) in [5, 5.41) is 9.45. The van der Waals surface area contributed by atoms with Crippen molar-refractivity contribution >= 4 is 5.91 Å². The molecule has 0 atom stereocenters. The molecule has 0 spiro atoms.